The summed E-state index contributed by atoms with van der Waals surface area (Å²) in [5.41, 5.74) is 5.71. The van der Waals surface area contributed by atoms with Crippen LogP contribution in [0.3, 0.4) is 0 Å². The summed E-state index contributed by atoms with van der Waals surface area (Å²) in [5, 5.41) is 0.938. The van der Waals surface area contributed by atoms with Gasteiger partial charge in [0.1, 0.15) is 22.9 Å². The van der Waals surface area contributed by atoms with E-state index in [0.717, 1.165) is 60.7 Å². The first kappa shape index (κ1) is 25.5. The lowest BCUT2D eigenvalue weighted by Gasteiger charge is -2.36. The maximum absolute atomic E-state index is 12.1. The Labute approximate surface area is 210 Å². The van der Waals surface area contributed by atoms with Crippen LogP contribution in [0.15, 0.2) is 11.3 Å². The molecule has 2 heterocycles. The molecule has 0 bridgehead atoms. The van der Waals surface area contributed by atoms with E-state index >= 15 is 0 Å². The van der Waals surface area contributed by atoms with E-state index in [0.29, 0.717) is 12.3 Å². The number of thiophene rings is 1. The molecule has 35 heavy (non-hydrogen) atoms. The summed E-state index contributed by atoms with van der Waals surface area (Å²) in [6, 6.07) is 0. The predicted molar refractivity (Wildman–Crippen MR) is 137 cm³/mol. The third kappa shape index (κ3) is 5.50. The second kappa shape index (κ2) is 9.48. The molecule has 2 N–H and O–H groups in total. The Hall–Kier alpha value is -2.55. The van der Waals surface area contributed by atoms with Crippen LogP contribution in [0.25, 0.3) is 10.2 Å². The number of amides is 2. The van der Waals surface area contributed by atoms with Gasteiger partial charge in [0.2, 0.25) is 11.8 Å². The first-order chi connectivity index (χ1) is 16.4. The molecule has 2 aliphatic rings. The summed E-state index contributed by atoms with van der Waals surface area (Å²) in [6.45, 7) is 9.74. The minimum Gasteiger partial charge on any atom is -0.474 e. The summed E-state index contributed by atoms with van der Waals surface area (Å²) >= 11 is 1.66. The van der Waals surface area contributed by atoms with Gasteiger partial charge in [-0.15, -0.1) is 11.3 Å². The molecule has 190 valence electrons. The molecule has 1 saturated carbocycles. The van der Waals surface area contributed by atoms with Gasteiger partial charge >= 0.3 is 6.09 Å². The molecule has 2 aromatic heterocycles. The number of nitrogens with zero attached hydrogens (tertiary/aromatic N) is 3. The molecule has 0 saturated heterocycles. The SMILES string of the molecule is CCC1(C=NC(=O)OC(C)(C)C)CCC(Oc2ncnc3sc4c(c23)C(C)(CC(N)=O)CC4)CC1. The number of aryl methyl sites for hydroxylation is 1. The molecule has 9 heteroatoms. The van der Waals surface area contributed by atoms with Gasteiger partial charge in [-0.1, -0.05) is 13.8 Å². The topological polar surface area (TPSA) is 117 Å². The predicted octanol–water partition coefficient (Wildman–Crippen LogP) is 5.49. The van der Waals surface area contributed by atoms with Crippen LogP contribution in [0.2, 0.25) is 0 Å². The maximum atomic E-state index is 12.1. The lowest BCUT2D eigenvalue weighted by atomic mass is 9.72. The Morgan fingerprint density at radius 1 is 1.26 bits per heavy atom. The second-order valence-electron chi connectivity index (χ2n) is 11.2. The largest absolute Gasteiger partial charge is 0.474 e. The highest BCUT2D eigenvalue weighted by Crippen LogP contribution is 2.51. The zero-order valence-electron chi connectivity index (χ0n) is 21.3. The Morgan fingerprint density at radius 2 is 1.97 bits per heavy atom. The summed E-state index contributed by atoms with van der Waals surface area (Å²) in [7, 11) is 0. The normalized spacial score (nSPS) is 26.7. The minimum atomic E-state index is -0.558. The van der Waals surface area contributed by atoms with Crippen molar-refractivity contribution < 1.29 is 19.1 Å². The number of hydrogen-bond acceptors (Lipinski definition) is 7. The average molecular weight is 501 g/mol. The molecule has 2 amide bonds. The number of fused-ring (bicyclic) bond motifs is 3. The number of hydrogen-bond donors (Lipinski definition) is 1. The highest BCUT2D eigenvalue weighted by molar-refractivity contribution is 7.19. The first-order valence-corrected chi connectivity index (χ1v) is 13.3. The summed E-state index contributed by atoms with van der Waals surface area (Å²) in [6.07, 6.45) is 9.25. The number of ether oxygens (including phenoxy) is 2. The first-order valence-electron chi connectivity index (χ1n) is 12.4. The number of primary amides is 1. The second-order valence-corrected chi connectivity index (χ2v) is 12.3. The molecule has 0 spiro atoms. The third-order valence-electron chi connectivity index (χ3n) is 7.35. The maximum Gasteiger partial charge on any atom is 0.433 e. The van der Waals surface area contributed by atoms with E-state index in [1.54, 1.807) is 23.9 Å². The smallest absolute Gasteiger partial charge is 0.433 e. The molecule has 8 nitrogen and oxygen atoms in total. The van der Waals surface area contributed by atoms with Crippen molar-refractivity contribution in [3.8, 4) is 5.88 Å². The third-order valence-corrected chi connectivity index (χ3v) is 8.50. The Bertz CT molecular complexity index is 1140. The number of aliphatic imine (C=N–C) groups is 1. The average Bonchev–Trinajstić information content (AvgIpc) is 3.30. The molecule has 0 aromatic carbocycles. The Kier molecular flexibility index (Phi) is 6.92. The number of rotatable bonds is 6. The zero-order valence-corrected chi connectivity index (χ0v) is 22.2. The molecule has 4 rings (SSSR count). The van der Waals surface area contributed by atoms with Crippen molar-refractivity contribution in [1.82, 2.24) is 9.97 Å². The van der Waals surface area contributed by atoms with Gasteiger partial charge in [0.05, 0.1) is 5.39 Å². The highest BCUT2D eigenvalue weighted by atomic mass is 32.1. The summed E-state index contributed by atoms with van der Waals surface area (Å²) < 4.78 is 11.8. The molecular formula is C26H36N4O4S. The van der Waals surface area contributed by atoms with Gasteiger partial charge in [0, 0.05) is 28.3 Å². The van der Waals surface area contributed by atoms with E-state index in [1.807, 2.05) is 20.8 Å². The van der Waals surface area contributed by atoms with Crippen LogP contribution < -0.4 is 10.5 Å². The highest BCUT2D eigenvalue weighted by Gasteiger charge is 2.41. The van der Waals surface area contributed by atoms with Gasteiger partial charge in [-0.25, -0.2) is 14.8 Å². The monoisotopic (exact) mass is 500 g/mol. The van der Waals surface area contributed by atoms with Gasteiger partial charge in [0.25, 0.3) is 0 Å². The quantitative estimate of drug-likeness (QED) is 0.524. The molecule has 0 radical (unpaired) electrons. The fraction of sp³-hybridized carbons (Fsp3) is 0.654. The Balaban J connectivity index is 1.50. The van der Waals surface area contributed by atoms with Crippen molar-refractivity contribution in [1.29, 1.82) is 0 Å². The van der Waals surface area contributed by atoms with Gasteiger partial charge in [-0.05, 0) is 71.3 Å². The van der Waals surface area contributed by atoms with Crippen LogP contribution in [-0.4, -0.2) is 39.9 Å². The standard InChI is InChI=1S/C26H36N4O4S/c1-6-26(14-28-23(32)34-24(2,3)4)11-7-16(8-12-26)33-21-19-20-17(35-22(19)30-15-29-21)9-10-25(20,5)13-18(27)31/h14-16H,6-13H2,1-5H3,(H2,27,31). The zero-order chi connectivity index (χ0) is 25.4. The van der Waals surface area contributed by atoms with Gasteiger partial charge < -0.3 is 15.2 Å². The van der Waals surface area contributed by atoms with E-state index in [4.69, 9.17) is 15.2 Å². The van der Waals surface area contributed by atoms with Gasteiger partial charge in [-0.3, -0.25) is 4.79 Å². The number of carbonyl (C=O) groups excluding carboxylic acids is 2. The minimum absolute atomic E-state index is 0.0158. The van der Waals surface area contributed by atoms with Crippen LogP contribution >= 0.6 is 11.3 Å². The van der Waals surface area contributed by atoms with Crippen molar-refractivity contribution in [2.45, 2.75) is 103 Å². The lowest BCUT2D eigenvalue weighted by Crippen LogP contribution is -2.34. The van der Waals surface area contributed by atoms with Crippen LogP contribution in [-0.2, 0) is 21.4 Å². The van der Waals surface area contributed by atoms with Crippen molar-refractivity contribution in [2.75, 3.05) is 0 Å². The van der Waals surface area contributed by atoms with Gasteiger partial charge in [-0.2, -0.15) is 4.99 Å². The van der Waals surface area contributed by atoms with E-state index in [-0.39, 0.29) is 22.8 Å². The lowest BCUT2D eigenvalue weighted by molar-refractivity contribution is -0.119. The molecule has 2 aliphatic carbocycles. The molecule has 1 fully saturated rings. The van der Waals surface area contributed by atoms with Crippen molar-refractivity contribution in [2.24, 2.45) is 16.1 Å². The van der Waals surface area contributed by atoms with E-state index in [9.17, 15) is 9.59 Å². The fourth-order valence-electron chi connectivity index (χ4n) is 5.43. The van der Waals surface area contributed by atoms with E-state index < -0.39 is 11.7 Å². The Morgan fingerprint density at radius 3 is 2.60 bits per heavy atom. The van der Waals surface area contributed by atoms with Crippen LogP contribution in [0.4, 0.5) is 4.79 Å². The van der Waals surface area contributed by atoms with Crippen molar-refractivity contribution >= 4 is 39.8 Å². The number of aromatic nitrogens is 2. The number of nitrogens with two attached hydrogens (primary N) is 1. The molecule has 1 atom stereocenters. The van der Waals surface area contributed by atoms with Crippen molar-refractivity contribution in [3.63, 3.8) is 0 Å². The van der Waals surface area contributed by atoms with Crippen LogP contribution in [0, 0.1) is 5.41 Å². The molecule has 2 aromatic rings. The van der Waals surface area contributed by atoms with Crippen LogP contribution in [0.5, 0.6) is 5.88 Å². The molecule has 1 unspecified atom stereocenters. The fourth-order valence-corrected chi connectivity index (χ4v) is 6.71. The summed E-state index contributed by atoms with van der Waals surface area (Å²) in [5.74, 6) is 0.303. The van der Waals surface area contributed by atoms with E-state index in [1.165, 1.54) is 4.88 Å². The van der Waals surface area contributed by atoms with Crippen LogP contribution in [0.1, 0.15) is 90.0 Å². The van der Waals surface area contributed by atoms with Gasteiger partial charge in [0.15, 0.2) is 0 Å². The molecule has 0 aliphatic heterocycles. The molecular weight excluding hydrogens is 464 g/mol. The van der Waals surface area contributed by atoms with E-state index in [2.05, 4.69) is 28.8 Å². The van der Waals surface area contributed by atoms with Crippen molar-refractivity contribution in [3.05, 3.63) is 16.8 Å². The summed E-state index contributed by atoms with van der Waals surface area (Å²) in [4.78, 5) is 39.2. The number of carbonyl (C=O) groups is 2.